The molecule has 0 saturated carbocycles. The quantitative estimate of drug-likeness (QED) is 0.444. The molecular formula is C16H22N2O6. The van der Waals surface area contributed by atoms with Gasteiger partial charge in [0.2, 0.25) is 11.8 Å². The van der Waals surface area contributed by atoms with Crippen LogP contribution in [0.3, 0.4) is 0 Å². The number of carboxylic acids is 1. The zero-order valence-electron chi connectivity index (χ0n) is 13.6. The van der Waals surface area contributed by atoms with Crippen LogP contribution in [0.2, 0.25) is 0 Å². The van der Waals surface area contributed by atoms with Crippen molar-refractivity contribution in [3.05, 3.63) is 50.6 Å². The summed E-state index contributed by atoms with van der Waals surface area (Å²) in [6.45, 7) is 12.0. The van der Waals surface area contributed by atoms with E-state index in [0.717, 1.165) is 37.6 Å². The molecule has 1 aliphatic heterocycles. The molecule has 2 N–H and O–H groups in total. The van der Waals surface area contributed by atoms with Gasteiger partial charge in [-0.2, -0.15) is 0 Å². The SMILES string of the molecule is C=CC(=O)NC=CC(=O)O.C=CN1CCCC1=O.C=COC(C)=O. The first kappa shape index (κ1) is 23.1. The average molecular weight is 338 g/mol. The van der Waals surface area contributed by atoms with Gasteiger partial charge in [0, 0.05) is 32.2 Å². The molecule has 0 aromatic carbocycles. The van der Waals surface area contributed by atoms with E-state index in [1.54, 1.807) is 11.1 Å². The van der Waals surface area contributed by atoms with Gasteiger partial charge in [-0.15, -0.1) is 0 Å². The second-order valence-corrected chi connectivity index (χ2v) is 4.03. The van der Waals surface area contributed by atoms with Crippen molar-refractivity contribution < 1.29 is 29.0 Å². The number of carbonyl (C=O) groups is 4. The lowest BCUT2D eigenvalue weighted by Gasteiger charge is -2.05. The highest BCUT2D eigenvalue weighted by molar-refractivity contribution is 5.88. The Balaban J connectivity index is 0. The molecule has 1 saturated heterocycles. The van der Waals surface area contributed by atoms with Crippen molar-refractivity contribution in [3.8, 4) is 0 Å². The number of ether oxygens (including phenoxy) is 1. The first-order chi connectivity index (χ1) is 11.3. The van der Waals surface area contributed by atoms with Gasteiger partial charge in [0.1, 0.15) is 0 Å². The highest BCUT2D eigenvalue weighted by atomic mass is 16.5. The van der Waals surface area contributed by atoms with Crippen molar-refractivity contribution >= 4 is 23.8 Å². The maximum absolute atomic E-state index is 10.7. The van der Waals surface area contributed by atoms with E-state index >= 15 is 0 Å². The van der Waals surface area contributed by atoms with Crippen LogP contribution in [0.15, 0.2) is 50.6 Å². The largest absolute Gasteiger partial charge is 0.478 e. The molecule has 8 heteroatoms. The van der Waals surface area contributed by atoms with E-state index in [9.17, 15) is 19.2 Å². The minimum Gasteiger partial charge on any atom is -0.478 e. The molecule has 0 spiro atoms. The molecule has 0 aromatic heterocycles. The van der Waals surface area contributed by atoms with Crippen LogP contribution in [0.5, 0.6) is 0 Å². The van der Waals surface area contributed by atoms with Crippen LogP contribution in [0.1, 0.15) is 19.8 Å². The fourth-order valence-electron chi connectivity index (χ4n) is 1.23. The molecule has 1 aliphatic rings. The van der Waals surface area contributed by atoms with Gasteiger partial charge in [0.25, 0.3) is 0 Å². The van der Waals surface area contributed by atoms with Crippen LogP contribution < -0.4 is 5.32 Å². The standard InChI is InChI=1S/C6H7NO3.C6H9NO.C4H6O2/c1-2-5(8)7-4-3-6(9)10;1-2-7-5-3-4-6(7)8;1-3-6-4(2)5/h2-4H,1H2,(H,7,8)(H,9,10);2H,1,3-5H2;3H,1H2,2H3. The number of rotatable bonds is 5. The average Bonchev–Trinajstić information content (AvgIpc) is 2.93. The van der Waals surface area contributed by atoms with Crippen LogP contribution in [0, 0.1) is 0 Å². The van der Waals surface area contributed by atoms with E-state index in [-0.39, 0.29) is 11.9 Å². The normalized spacial score (nSPS) is 12.0. The van der Waals surface area contributed by atoms with Crippen LogP contribution in [-0.2, 0) is 23.9 Å². The third-order valence-electron chi connectivity index (χ3n) is 2.22. The zero-order valence-corrected chi connectivity index (χ0v) is 13.6. The summed E-state index contributed by atoms with van der Waals surface area (Å²) in [6, 6.07) is 0. The zero-order chi connectivity index (χ0) is 19.0. The molecule has 0 atom stereocenters. The van der Waals surface area contributed by atoms with Gasteiger partial charge in [-0.3, -0.25) is 14.4 Å². The van der Waals surface area contributed by atoms with E-state index in [4.69, 9.17) is 5.11 Å². The van der Waals surface area contributed by atoms with Crippen LogP contribution >= 0.6 is 0 Å². The molecule has 1 fully saturated rings. The Labute approximate surface area is 140 Å². The summed E-state index contributed by atoms with van der Waals surface area (Å²) in [7, 11) is 0. The van der Waals surface area contributed by atoms with Crippen molar-refractivity contribution in [2.24, 2.45) is 0 Å². The Morgan fingerprint density at radius 2 is 1.92 bits per heavy atom. The molecule has 132 valence electrons. The maximum Gasteiger partial charge on any atom is 0.329 e. The third-order valence-corrected chi connectivity index (χ3v) is 2.22. The minimum atomic E-state index is -1.11. The van der Waals surface area contributed by atoms with E-state index in [0.29, 0.717) is 6.42 Å². The predicted molar refractivity (Wildman–Crippen MR) is 88.2 cm³/mol. The number of amides is 2. The highest BCUT2D eigenvalue weighted by Gasteiger charge is 2.15. The molecule has 0 aliphatic carbocycles. The topological polar surface area (TPSA) is 113 Å². The second-order valence-electron chi connectivity index (χ2n) is 4.03. The third kappa shape index (κ3) is 15.2. The number of aliphatic carboxylic acids is 1. The number of carbonyl (C=O) groups excluding carboxylic acids is 3. The van der Waals surface area contributed by atoms with Gasteiger partial charge in [0.05, 0.1) is 6.26 Å². The Morgan fingerprint density at radius 1 is 1.29 bits per heavy atom. The molecule has 0 radical (unpaired) electrons. The van der Waals surface area contributed by atoms with Crippen LogP contribution in [-0.4, -0.2) is 40.3 Å². The number of nitrogens with zero attached hydrogens (tertiary/aromatic N) is 1. The van der Waals surface area contributed by atoms with E-state index in [2.05, 4.69) is 29.8 Å². The number of hydrogen-bond acceptors (Lipinski definition) is 5. The van der Waals surface area contributed by atoms with Gasteiger partial charge in [-0.1, -0.05) is 19.7 Å². The van der Waals surface area contributed by atoms with E-state index < -0.39 is 11.9 Å². The summed E-state index contributed by atoms with van der Waals surface area (Å²) in [5.41, 5.74) is 0. The minimum absolute atomic E-state index is 0.208. The predicted octanol–water partition coefficient (Wildman–Crippen LogP) is 1.33. The van der Waals surface area contributed by atoms with Gasteiger partial charge in [0.15, 0.2) is 0 Å². The van der Waals surface area contributed by atoms with Gasteiger partial charge in [-0.25, -0.2) is 4.79 Å². The summed E-state index contributed by atoms with van der Waals surface area (Å²) in [4.78, 5) is 42.2. The summed E-state index contributed by atoms with van der Waals surface area (Å²) in [5, 5.41) is 10.2. The summed E-state index contributed by atoms with van der Waals surface area (Å²) in [6.07, 6.45) is 7.29. The van der Waals surface area contributed by atoms with Crippen LogP contribution in [0.25, 0.3) is 0 Å². The Morgan fingerprint density at radius 3 is 2.17 bits per heavy atom. The molecule has 8 nitrogen and oxygen atoms in total. The van der Waals surface area contributed by atoms with E-state index in [1.807, 2.05) is 0 Å². The van der Waals surface area contributed by atoms with Crippen molar-refractivity contribution in [1.82, 2.24) is 10.2 Å². The Bertz CT molecular complexity index is 511. The molecular weight excluding hydrogens is 316 g/mol. The lowest BCUT2D eigenvalue weighted by Crippen LogP contribution is -2.16. The lowest BCUT2D eigenvalue weighted by molar-refractivity contribution is -0.135. The summed E-state index contributed by atoms with van der Waals surface area (Å²) in [5.74, 6) is -1.66. The number of likely N-dealkylation sites (tertiary alicyclic amines) is 1. The molecule has 24 heavy (non-hydrogen) atoms. The van der Waals surface area contributed by atoms with Crippen molar-refractivity contribution in [2.75, 3.05) is 6.54 Å². The molecule has 0 bridgehead atoms. The smallest absolute Gasteiger partial charge is 0.329 e. The van der Waals surface area contributed by atoms with Crippen molar-refractivity contribution in [1.29, 1.82) is 0 Å². The van der Waals surface area contributed by atoms with Gasteiger partial charge >= 0.3 is 11.9 Å². The summed E-state index contributed by atoms with van der Waals surface area (Å²) < 4.78 is 4.17. The van der Waals surface area contributed by atoms with Gasteiger partial charge in [-0.05, 0) is 18.7 Å². The molecule has 0 aromatic rings. The number of carboxylic acid groups (broad SMARTS) is 1. The van der Waals surface area contributed by atoms with Crippen molar-refractivity contribution in [3.63, 3.8) is 0 Å². The first-order valence-corrected chi connectivity index (χ1v) is 6.81. The molecule has 0 unspecified atom stereocenters. The molecule has 1 heterocycles. The number of nitrogens with one attached hydrogen (secondary N) is 1. The number of esters is 1. The van der Waals surface area contributed by atoms with E-state index in [1.165, 1.54) is 6.92 Å². The fraction of sp³-hybridized carbons (Fsp3) is 0.250. The maximum atomic E-state index is 10.7. The fourth-order valence-corrected chi connectivity index (χ4v) is 1.23. The highest BCUT2D eigenvalue weighted by Crippen LogP contribution is 2.08. The van der Waals surface area contributed by atoms with Crippen LogP contribution in [0.4, 0.5) is 0 Å². The second kappa shape index (κ2) is 14.8. The van der Waals surface area contributed by atoms with Crippen molar-refractivity contribution in [2.45, 2.75) is 19.8 Å². The number of hydrogen-bond donors (Lipinski definition) is 2. The Kier molecular flexibility index (Phi) is 14.2. The Hall–Kier alpha value is -3.16. The lowest BCUT2D eigenvalue weighted by atomic mass is 10.4. The molecule has 1 rings (SSSR count). The first-order valence-electron chi connectivity index (χ1n) is 6.81. The molecule has 2 amide bonds. The summed E-state index contributed by atoms with van der Waals surface area (Å²) >= 11 is 0. The van der Waals surface area contributed by atoms with Gasteiger partial charge < -0.3 is 20.1 Å². The monoisotopic (exact) mass is 338 g/mol.